The first-order valence-electron chi connectivity index (χ1n) is 7.53. The maximum atomic E-state index is 14.8. The number of halogens is 2. The fraction of sp³-hybridized carbons (Fsp3) is 0.643. The Morgan fingerprint density at radius 2 is 2.12 bits per heavy atom. The Balaban J connectivity index is 0.00000338. The molecule has 5 atom stereocenters. The molecule has 0 amide bonds. The van der Waals surface area contributed by atoms with E-state index in [0.717, 1.165) is 12.3 Å². The lowest BCUT2D eigenvalue weighted by Crippen LogP contribution is -2.46. The Kier molecular flexibility index (Phi) is 7.08. The molecular weight excluding hydrogens is 377 g/mol. The lowest BCUT2D eigenvalue weighted by atomic mass is 10.1. The molecule has 0 bridgehead atoms. The van der Waals surface area contributed by atoms with Gasteiger partial charge in [-0.3, -0.25) is 19.1 Å². The first-order valence-corrected chi connectivity index (χ1v) is 7.53. The van der Waals surface area contributed by atoms with Gasteiger partial charge in [0.1, 0.15) is 18.2 Å². The number of nitrogens with two attached hydrogens (primary N) is 1. The molecule has 0 saturated carbocycles. The molecule has 0 radical (unpaired) electrons. The van der Waals surface area contributed by atoms with E-state index in [-0.39, 0.29) is 18.3 Å². The third kappa shape index (κ3) is 4.30. The van der Waals surface area contributed by atoms with Crippen LogP contribution in [0.25, 0.3) is 0 Å². The average molecular weight is 398 g/mol. The van der Waals surface area contributed by atoms with E-state index in [1.54, 1.807) is 13.8 Å². The molecule has 148 valence electrons. The molecule has 0 aromatic carbocycles. The highest BCUT2D eigenvalue weighted by molar-refractivity contribution is 5.85. The molecule has 1 aromatic rings. The summed E-state index contributed by atoms with van der Waals surface area (Å²) < 4.78 is 25.1. The van der Waals surface area contributed by atoms with Crippen LogP contribution in [0.1, 0.15) is 20.1 Å². The molecule has 5 N–H and O–H groups in total. The Labute approximate surface area is 153 Å². The molecule has 0 spiro atoms. The monoisotopic (exact) mass is 397 g/mol. The second-order valence-electron chi connectivity index (χ2n) is 6.12. The van der Waals surface area contributed by atoms with Crippen LogP contribution in [0.4, 0.5) is 4.39 Å². The number of H-pyrrole nitrogens is 1. The summed E-state index contributed by atoms with van der Waals surface area (Å²) in [5, 5.41) is 19.9. The van der Waals surface area contributed by atoms with Crippen LogP contribution in [0.2, 0.25) is 0 Å². The molecule has 1 fully saturated rings. The smallest absolute Gasteiger partial charge is 0.330 e. The van der Waals surface area contributed by atoms with Crippen molar-refractivity contribution in [3.63, 3.8) is 0 Å². The lowest BCUT2D eigenvalue weighted by Gasteiger charge is -2.24. The van der Waals surface area contributed by atoms with Crippen molar-refractivity contribution in [3.8, 4) is 0 Å². The zero-order valence-electron chi connectivity index (χ0n) is 14.0. The van der Waals surface area contributed by atoms with Gasteiger partial charge >= 0.3 is 11.7 Å². The number of alkyl halides is 1. The molecule has 26 heavy (non-hydrogen) atoms. The standard InChI is InChI=1S/C14H20FN3O7.ClH/c1-6(2)8(16)12(22)24-5-14(15)10(21)9(20)11(25-14)18-4-3-7(19)17-13(18)23;/h3-4,6,8-11,20-21H,5,16H2,1-2H3,(H,17,19,23);1H/t8-,9+,10-,11+,14+;/m0./s1. The Bertz CT molecular complexity index is 755. The van der Waals surface area contributed by atoms with Gasteiger partial charge in [-0.05, 0) is 5.92 Å². The Hall–Kier alpha value is -1.79. The number of hydrogen-bond acceptors (Lipinski definition) is 8. The van der Waals surface area contributed by atoms with E-state index in [0.29, 0.717) is 4.57 Å². The highest BCUT2D eigenvalue weighted by Crippen LogP contribution is 2.37. The van der Waals surface area contributed by atoms with Gasteiger partial charge in [0.15, 0.2) is 12.8 Å². The molecule has 1 saturated heterocycles. The molecule has 2 heterocycles. The maximum Gasteiger partial charge on any atom is 0.330 e. The van der Waals surface area contributed by atoms with Gasteiger partial charge in [0.25, 0.3) is 11.4 Å². The molecular formula is C14H21ClFN3O7. The fourth-order valence-corrected chi connectivity index (χ4v) is 2.26. The lowest BCUT2D eigenvalue weighted by molar-refractivity contribution is -0.217. The van der Waals surface area contributed by atoms with Crippen molar-refractivity contribution in [1.82, 2.24) is 9.55 Å². The summed E-state index contributed by atoms with van der Waals surface area (Å²) in [5.74, 6) is -4.11. The van der Waals surface area contributed by atoms with E-state index in [9.17, 15) is 29.0 Å². The Morgan fingerprint density at radius 1 is 1.50 bits per heavy atom. The summed E-state index contributed by atoms with van der Waals surface area (Å²) >= 11 is 0. The molecule has 1 aliphatic heterocycles. The van der Waals surface area contributed by atoms with Gasteiger partial charge in [0.05, 0.1) is 0 Å². The summed E-state index contributed by atoms with van der Waals surface area (Å²) in [6, 6.07) is -0.0336. The minimum absolute atomic E-state index is 0. The molecule has 0 aliphatic carbocycles. The largest absolute Gasteiger partial charge is 0.458 e. The predicted octanol–water partition coefficient (Wildman–Crippen LogP) is -1.60. The number of aliphatic hydroxyl groups excluding tert-OH is 2. The van der Waals surface area contributed by atoms with E-state index >= 15 is 0 Å². The summed E-state index contributed by atoms with van der Waals surface area (Å²) in [4.78, 5) is 36.4. The Morgan fingerprint density at radius 3 is 2.65 bits per heavy atom. The van der Waals surface area contributed by atoms with Crippen molar-refractivity contribution in [3.05, 3.63) is 33.1 Å². The van der Waals surface area contributed by atoms with Crippen LogP contribution in [0, 0.1) is 5.92 Å². The van der Waals surface area contributed by atoms with Crippen LogP contribution in [0.15, 0.2) is 21.9 Å². The van der Waals surface area contributed by atoms with Gasteiger partial charge in [0, 0.05) is 12.3 Å². The van der Waals surface area contributed by atoms with Gasteiger partial charge in [-0.25, -0.2) is 9.18 Å². The molecule has 10 nitrogen and oxygen atoms in total. The van der Waals surface area contributed by atoms with E-state index in [1.165, 1.54) is 0 Å². The van der Waals surface area contributed by atoms with Crippen molar-refractivity contribution in [2.75, 3.05) is 6.61 Å². The third-order valence-electron chi connectivity index (χ3n) is 3.90. The first kappa shape index (κ1) is 22.3. The van der Waals surface area contributed by atoms with E-state index in [2.05, 4.69) is 0 Å². The number of carbonyl (C=O) groups is 1. The predicted molar refractivity (Wildman–Crippen MR) is 88.3 cm³/mol. The summed E-state index contributed by atoms with van der Waals surface area (Å²) in [5.41, 5.74) is 3.91. The van der Waals surface area contributed by atoms with Crippen molar-refractivity contribution < 1.29 is 28.9 Å². The number of aliphatic hydroxyl groups is 2. The highest BCUT2D eigenvalue weighted by atomic mass is 35.5. The van der Waals surface area contributed by atoms with Gasteiger partial charge in [-0.2, -0.15) is 0 Å². The SMILES string of the molecule is CC(C)[C@H](N)C(=O)OC[C@@]1(F)O[C@@H](n2ccc(=O)[nH]c2=O)[C@H](O)[C@@H]1O.Cl. The zero-order valence-corrected chi connectivity index (χ0v) is 14.8. The minimum Gasteiger partial charge on any atom is -0.458 e. The molecule has 1 aromatic heterocycles. The van der Waals surface area contributed by atoms with Crippen LogP contribution < -0.4 is 17.0 Å². The van der Waals surface area contributed by atoms with Gasteiger partial charge in [-0.15, -0.1) is 12.4 Å². The van der Waals surface area contributed by atoms with E-state index < -0.39 is 54.2 Å². The molecule has 0 unspecified atom stereocenters. The maximum absolute atomic E-state index is 14.8. The second-order valence-corrected chi connectivity index (χ2v) is 6.12. The zero-order chi connectivity index (χ0) is 18.9. The van der Waals surface area contributed by atoms with Crippen molar-refractivity contribution in [1.29, 1.82) is 0 Å². The van der Waals surface area contributed by atoms with Crippen molar-refractivity contribution in [2.45, 2.75) is 44.2 Å². The number of nitrogens with zero attached hydrogens (tertiary/aromatic N) is 1. The van der Waals surface area contributed by atoms with Crippen molar-refractivity contribution in [2.24, 2.45) is 11.7 Å². The average Bonchev–Trinajstić information content (AvgIpc) is 2.77. The topological polar surface area (TPSA) is 157 Å². The summed E-state index contributed by atoms with van der Waals surface area (Å²) in [6.45, 7) is 2.31. The molecule has 1 aliphatic rings. The van der Waals surface area contributed by atoms with E-state index in [4.69, 9.17) is 15.2 Å². The number of aromatic nitrogens is 2. The van der Waals surface area contributed by atoms with Crippen LogP contribution in [-0.4, -0.2) is 56.4 Å². The quantitative estimate of drug-likeness (QED) is 0.433. The second kappa shape index (κ2) is 8.27. The van der Waals surface area contributed by atoms with Crippen molar-refractivity contribution >= 4 is 18.4 Å². The number of carbonyl (C=O) groups excluding carboxylic acids is 1. The third-order valence-corrected chi connectivity index (χ3v) is 3.90. The minimum atomic E-state index is -2.95. The summed E-state index contributed by atoms with van der Waals surface area (Å²) in [7, 11) is 0. The van der Waals surface area contributed by atoms with Crippen LogP contribution in [0.3, 0.4) is 0 Å². The normalized spacial score (nSPS) is 29.3. The van der Waals surface area contributed by atoms with E-state index in [1.807, 2.05) is 4.98 Å². The van der Waals surface area contributed by atoms with Gasteiger partial charge < -0.3 is 25.4 Å². The number of ether oxygens (including phenoxy) is 2. The highest BCUT2D eigenvalue weighted by Gasteiger charge is 2.57. The van der Waals surface area contributed by atoms with Crippen LogP contribution in [-0.2, 0) is 14.3 Å². The van der Waals surface area contributed by atoms with Gasteiger partial charge in [-0.1, -0.05) is 13.8 Å². The number of rotatable bonds is 5. The first-order chi connectivity index (χ1) is 11.6. The van der Waals surface area contributed by atoms with Crippen LogP contribution >= 0.6 is 12.4 Å². The molecule has 12 heteroatoms. The van der Waals surface area contributed by atoms with Gasteiger partial charge in [0.2, 0.25) is 0 Å². The fourth-order valence-electron chi connectivity index (χ4n) is 2.26. The summed E-state index contributed by atoms with van der Waals surface area (Å²) in [6.07, 6.45) is -4.58. The number of nitrogens with one attached hydrogen (secondary N) is 1. The number of esters is 1. The number of aromatic amines is 1. The number of hydrogen-bond donors (Lipinski definition) is 4. The van der Waals surface area contributed by atoms with Crippen LogP contribution in [0.5, 0.6) is 0 Å². The molecule has 2 rings (SSSR count).